The first-order chi connectivity index (χ1) is 6.09. The molecule has 0 radical (unpaired) electrons. The van der Waals surface area contributed by atoms with E-state index in [0.717, 1.165) is 0 Å². The third kappa shape index (κ3) is 3.84. The summed E-state index contributed by atoms with van der Waals surface area (Å²) in [6, 6.07) is 6.14. The third-order valence-corrected chi connectivity index (χ3v) is 1.55. The Hall–Kier alpha value is -0.953. The second-order valence-electron chi connectivity index (χ2n) is 2.27. The minimum atomic E-state index is -1.52. The van der Waals surface area contributed by atoms with Gasteiger partial charge in [0.05, 0.1) is 0 Å². The van der Waals surface area contributed by atoms with E-state index in [-0.39, 0.29) is 18.9 Å². The van der Waals surface area contributed by atoms with E-state index in [4.69, 9.17) is 16.7 Å². The average molecular weight is 208 g/mol. The van der Waals surface area contributed by atoms with Gasteiger partial charge in [0.15, 0.2) is 0 Å². The molecule has 6 heteroatoms. The molecule has 0 fully saturated rings. The van der Waals surface area contributed by atoms with E-state index in [0.29, 0.717) is 10.7 Å². The van der Waals surface area contributed by atoms with Gasteiger partial charge < -0.3 is 10.4 Å². The Morgan fingerprint density at radius 2 is 1.71 bits per heavy atom. The number of hydrogen-bond donors (Lipinski definition) is 2. The maximum absolute atomic E-state index is 10.7. The quantitative estimate of drug-likeness (QED) is 0.527. The van der Waals surface area contributed by atoms with E-state index in [1.54, 1.807) is 12.1 Å². The fraction of sp³-hybridized carbons (Fsp3) is 0. The molecule has 1 aromatic carbocycles. The number of carboxylic acids is 1. The number of anilines is 1. The fourth-order valence-corrected chi connectivity index (χ4v) is 0.844. The number of halogens is 1. The summed E-state index contributed by atoms with van der Waals surface area (Å²) in [6.45, 7) is 0. The number of aliphatic carboxylic acids is 1. The minimum absolute atomic E-state index is 0. The zero-order chi connectivity index (χ0) is 9.84. The molecule has 0 spiro atoms. The van der Waals surface area contributed by atoms with Crippen molar-refractivity contribution >= 4 is 48.0 Å². The van der Waals surface area contributed by atoms with Gasteiger partial charge in [0.1, 0.15) is 0 Å². The third-order valence-electron chi connectivity index (χ3n) is 1.30. The standard InChI is InChI=1S/C8H6ClNO3.Li.H/c9-5-1-3-6(4-2-5)10-7(11)8(12)13;;/h1-4H,(H,10,11)(H,12,13);;. The summed E-state index contributed by atoms with van der Waals surface area (Å²) in [5, 5.41) is 11.0. The van der Waals surface area contributed by atoms with Gasteiger partial charge in [0.2, 0.25) is 0 Å². The maximum atomic E-state index is 10.7. The predicted octanol–water partition coefficient (Wildman–Crippen LogP) is 0.715. The van der Waals surface area contributed by atoms with Crippen molar-refractivity contribution < 1.29 is 14.7 Å². The van der Waals surface area contributed by atoms with Crippen molar-refractivity contribution in [2.75, 3.05) is 5.32 Å². The summed E-state index contributed by atoms with van der Waals surface area (Å²) in [5.74, 6) is -2.59. The van der Waals surface area contributed by atoms with Gasteiger partial charge in [-0.2, -0.15) is 0 Å². The van der Waals surface area contributed by atoms with Gasteiger partial charge in [-0.25, -0.2) is 4.79 Å². The average Bonchev–Trinajstić information content (AvgIpc) is 2.08. The van der Waals surface area contributed by atoms with Crippen LogP contribution < -0.4 is 5.32 Å². The molecule has 14 heavy (non-hydrogen) atoms. The summed E-state index contributed by atoms with van der Waals surface area (Å²) in [6.07, 6.45) is 0. The van der Waals surface area contributed by atoms with Crippen LogP contribution in [0.25, 0.3) is 0 Å². The molecule has 0 aromatic heterocycles. The molecule has 0 aliphatic heterocycles. The SMILES string of the molecule is O=C(O)C(=O)Nc1ccc(Cl)cc1.[LiH]. The van der Waals surface area contributed by atoms with E-state index >= 15 is 0 Å². The molecule has 1 amide bonds. The van der Waals surface area contributed by atoms with Gasteiger partial charge >= 0.3 is 30.7 Å². The predicted molar refractivity (Wildman–Crippen MR) is 54.9 cm³/mol. The van der Waals surface area contributed by atoms with Crippen molar-refractivity contribution in [3.63, 3.8) is 0 Å². The normalized spacial score (nSPS) is 8.64. The van der Waals surface area contributed by atoms with Crippen LogP contribution in [0.3, 0.4) is 0 Å². The van der Waals surface area contributed by atoms with Crippen LogP contribution >= 0.6 is 11.6 Å². The zero-order valence-corrected chi connectivity index (χ0v) is 7.21. The van der Waals surface area contributed by atoms with Crippen molar-refractivity contribution in [1.82, 2.24) is 0 Å². The van der Waals surface area contributed by atoms with Gasteiger partial charge in [-0.1, -0.05) is 11.6 Å². The molecule has 0 aliphatic carbocycles. The van der Waals surface area contributed by atoms with E-state index < -0.39 is 11.9 Å². The summed E-state index contributed by atoms with van der Waals surface area (Å²) < 4.78 is 0. The Labute approximate surface area is 97.4 Å². The van der Waals surface area contributed by atoms with Crippen LogP contribution in [0.2, 0.25) is 5.02 Å². The van der Waals surface area contributed by atoms with Crippen molar-refractivity contribution in [2.24, 2.45) is 0 Å². The molecule has 1 rings (SSSR count). The number of carboxylic acid groups (broad SMARTS) is 1. The molecule has 0 bridgehead atoms. The molecule has 1 aromatic rings. The molecule has 0 heterocycles. The number of rotatable bonds is 1. The first-order valence-electron chi connectivity index (χ1n) is 3.39. The van der Waals surface area contributed by atoms with E-state index in [1.165, 1.54) is 12.1 Å². The number of carbonyl (C=O) groups excluding carboxylic acids is 1. The van der Waals surface area contributed by atoms with Crippen LogP contribution in [0, 0.1) is 0 Å². The van der Waals surface area contributed by atoms with Crippen LogP contribution in [0.15, 0.2) is 24.3 Å². The van der Waals surface area contributed by atoms with Crippen LogP contribution in [0.1, 0.15) is 0 Å². The Kier molecular flexibility index (Phi) is 5.32. The van der Waals surface area contributed by atoms with Gasteiger partial charge in [0, 0.05) is 10.7 Å². The first-order valence-corrected chi connectivity index (χ1v) is 3.77. The fourth-order valence-electron chi connectivity index (χ4n) is 0.718. The summed E-state index contributed by atoms with van der Waals surface area (Å²) in [4.78, 5) is 20.8. The number of nitrogens with one attached hydrogen (secondary N) is 1. The topological polar surface area (TPSA) is 66.4 Å². The number of amides is 1. The second-order valence-corrected chi connectivity index (χ2v) is 2.70. The summed E-state index contributed by atoms with van der Waals surface area (Å²) in [5.41, 5.74) is 0.400. The van der Waals surface area contributed by atoms with Crippen LogP contribution in [-0.4, -0.2) is 35.8 Å². The number of benzene rings is 1. The van der Waals surface area contributed by atoms with Crippen LogP contribution in [-0.2, 0) is 9.59 Å². The molecule has 0 atom stereocenters. The molecule has 0 aliphatic rings. The Bertz CT molecular complexity index is 339. The van der Waals surface area contributed by atoms with Crippen molar-refractivity contribution in [2.45, 2.75) is 0 Å². The van der Waals surface area contributed by atoms with Gasteiger partial charge in [-0.3, -0.25) is 4.79 Å². The Balaban J connectivity index is 0.00000169. The van der Waals surface area contributed by atoms with Crippen molar-refractivity contribution in [3.8, 4) is 0 Å². The van der Waals surface area contributed by atoms with Crippen LogP contribution in [0.5, 0.6) is 0 Å². The molecule has 70 valence electrons. The second kappa shape index (κ2) is 5.71. The molecule has 4 nitrogen and oxygen atoms in total. The zero-order valence-electron chi connectivity index (χ0n) is 6.45. The Morgan fingerprint density at radius 1 is 1.21 bits per heavy atom. The van der Waals surface area contributed by atoms with Gasteiger partial charge in [-0.05, 0) is 24.3 Å². The monoisotopic (exact) mass is 207 g/mol. The van der Waals surface area contributed by atoms with Gasteiger partial charge in [0.25, 0.3) is 0 Å². The van der Waals surface area contributed by atoms with Crippen LogP contribution in [0.4, 0.5) is 5.69 Å². The molecule has 0 saturated carbocycles. The molecule has 0 unspecified atom stereocenters. The van der Waals surface area contributed by atoms with Crippen molar-refractivity contribution in [3.05, 3.63) is 29.3 Å². The van der Waals surface area contributed by atoms with Gasteiger partial charge in [-0.15, -0.1) is 0 Å². The van der Waals surface area contributed by atoms with E-state index in [2.05, 4.69) is 5.32 Å². The molecular weight excluding hydrogens is 200 g/mol. The molecule has 0 saturated heterocycles. The Morgan fingerprint density at radius 3 is 2.14 bits per heavy atom. The van der Waals surface area contributed by atoms with E-state index in [1.807, 2.05) is 0 Å². The summed E-state index contributed by atoms with van der Waals surface area (Å²) in [7, 11) is 0. The summed E-state index contributed by atoms with van der Waals surface area (Å²) >= 11 is 5.58. The number of carbonyl (C=O) groups is 2. The van der Waals surface area contributed by atoms with E-state index in [9.17, 15) is 9.59 Å². The molecule has 2 N–H and O–H groups in total. The van der Waals surface area contributed by atoms with Crippen molar-refractivity contribution in [1.29, 1.82) is 0 Å². The first kappa shape index (κ1) is 13.0. The number of hydrogen-bond acceptors (Lipinski definition) is 2. The molecular formula is C8H7ClLiNO3.